The summed E-state index contributed by atoms with van der Waals surface area (Å²) in [7, 11) is -3.13. The van der Waals surface area contributed by atoms with Crippen LogP contribution in [-0.2, 0) is 21.3 Å². The number of fused-ring (bicyclic) bond motifs is 1. The Morgan fingerprint density at radius 3 is 2.79 bits per heavy atom. The van der Waals surface area contributed by atoms with Crippen LogP contribution in [0, 0.1) is 12.3 Å². The van der Waals surface area contributed by atoms with Gasteiger partial charge < -0.3 is 4.74 Å². The van der Waals surface area contributed by atoms with Crippen LogP contribution in [0.4, 0.5) is 0 Å². The molecular formula is C18H28N2O3S. The third-order valence-corrected chi connectivity index (χ3v) is 6.09. The van der Waals surface area contributed by atoms with Gasteiger partial charge in [-0.1, -0.05) is 29.8 Å². The molecule has 24 heavy (non-hydrogen) atoms. The van der Waals surface area contributed by atoms with Crippen molar-refractivity contribution in [1.82, 2.24) is 9.62 Å². The average molecular weight is 353 g/mol. The van der Waals surface area contributed by atoms with Crippen molar-refractivity contribution in [2.75, 3.05) is 32.5 Å². The van der Waals surface area contributed by atoms with Gasteiger partial charge >= 0.3 is 0 Å². The summed E-state index contributed by atoms with van der Waals surface area (Å²) in [6, 6.07) is 8.72. The predicted molar refractivity (Wildman–Crippen MR) is 95.3 cm³/mol. The smallest absolute Gasteiger partial charge is 0.208 e. The fourth-order valence-corrected chi connectivity index (χ4v) is 4.55. The Labute approximate surface area is 145 Å². The van der Waals surface area contributed by atoms with E-state index in [2.05, 4.69) is 40.8 Å². The first-order valence-electron chi connectivity index (χ1n) is 8.70. The predicted octanol–water partition coefficient (Wildman–Crippen LogP) is 1.92. The van der Waals surface area contributed by atoms with E-state index in [4.69, 9.17) is 4.74 Å². The van der Waals surface area contributed by atoms with Gasteiger partial charge in [0.05, 0.1) is 12.4 Å². The lowest BCUT2D eigenvalue weighted by atomic mass is 9.74. The molecule has 134 valence electrons. The van der Waals surface area contributed by atoms with Crippen molar-refractivity contribution in [3.05, 3.63) is 35.4 Å². The van der Waals surface area contributed by atoms with Gasteiger partial charge in [0.25, 0.3) is 0 Å². The summed E-state index contributed by atoms with van der Waals surface area (Å²) in [5.74, 6) is 0. The molecule has 1 aromatic carbocycles. The second-order valence-corrected chi connectivity index (χ2v) is 9.21. The lowest BCUT2D eigenvalue weighted by Crippen LogP contribution is -2.50. The Hall–Kier alpha value is -0.950. The summed E-state index contributed by atoms with van der Waals surface area (Å²) in [6.07, 6.45) is 4.39. The standard InChI is InChI=1S/C18H28N2O3S/c1-15-3-5-16(6-4-15)13-20-11-7-17-18(14-20,9-12-23-17)8-10-19-24(2,21)22/h3-6,17,19H,7-14H2,1-2H3/t17-,18+/m1/s1. The maximum Gasteiger partial charge on any atom is 0.208 e. The van der Waals surface area contributed by atoms with Gasteiger partial charge in [0.2, 0.25) is 10.0 Å². The van der Waals surface area contributed by atoms with E-state index in [1.54, 1.807) is 0 Å². The number of piperidine rings is 1. The number of rotatable bonds is 6. The number of hydrogen-bond acceptors (Lipinski definition) is 4. The summed E-state index contributed by atoms with van der Waals surface area (Å²) in [4.78, 5) is 2.50. The van der Waals surface area contributed by atoms with Gasteiger partial charge in [0, 0.05) is 38.2 Å². The summed E-state index contributed by atoms with van der Waals surface area (Å²) >= 11 is 0. The van der Waals surface area contributed by atoms with Gasteiger partial charge in [0.15, 0.2) is 0 Å². The third-order valence-electron chi connectivity index (χ3n) is 5.36. The highest BCUT2D eigenvalue weighted by Crippen LogP contribution is 2.43. The van der Waals surface area contributed by atoms with Crippen molar-refractivity contribution in [1.29, 1.82) is 0 Å². The zero-order chi connectivity index (χ0) is 17.2. The lowest BCUT2D eigenvalue weighted by Gasteiger charge is -2.44. The number of likely N-dealkylation sites (tertiary alicyclic amines) is 1. The van der Waals surface area contributed by atoms with E-state index in [-0.39, 0.29) is 11.5 Å². The first-order chi connectivity index (χ1) is 11.4. The molecule has 2 aliphatic rings. The first kappa shape index (κ1) is 17.9. The molecule has 2 heterocycles. The van der Waals surface area contributed by atoms with E-state index >= 15 is 0 Å². The van der Waals surface area contributed by atoms with Crippen molar-refractivity contribution in [3.63, 3.8) is 0 Å². The van der Waals surface area contributed by atoms with Crippen LogP contribution >= 0.6 is 0 Å². The molecule has 0 unspecified atom stereocenters. The number of benzene rings is 1. The Morgan fingerprint density at radius 1 is 1.33 bits per heavy atom. The number of sulfonamides is 1. The largest absolute Gasteiger partial charge is 0.378 e. The van der Waals surface area contributed by atoms with Crippen LogP contribution in [0.2, 0.25) is 0 Å². The molecule has 2 saturated heterocycles. The van der Waals surface area contributed by atoms with Crippen LogP contribution in [0.25, 0.3) is 0 Å². The van der Waals surface area contributed by atoms with E-state index in [1.165, 1.54) is 17.4 Å². The highest BCUT2D eigenvalue weighted by Gasteiger charge is 2.47. The fourth-order valence-electron chi connectivity index (χ4n) is 4.07. The fraction of sp³-hybridized carbons (Fsp3) is 0.667. The zero-order valence-electron chi connectivity index (χ0n) is 14.6. The van der Waals surface area contributed by atoms with Crippen LogP contribution in [0.15, 0.2) is 24.3 Å². The van der Waals surface area contributed by atoms with Gasteiger partial charge in [-0.25, -0.2) is 13.1 Å². The summed E-state index contributed by atoms with van der Waals surface area (Å²) in [5.41, 5.74) is 2.70. The molecule has 0 radical (unpaired) electrons. The van der Waals surface area contributed by atoms with Crippen LogP contribution in [-0.4, -0.2) is 51.9 Å². The molecule has 0 saturated carbocycles. The first-order valence-corrected chi connectivity index (χ1v) is 10.6. The molecule has 5 nitrogen and oxygen atoms in total. The SMILES string of the molecule is Cc1ccc(CN2CC[C@H]3OCC[C@@]3(CCNS(C)(=O)=O)C2)cc1. The average Bonchev–Trinajstić information content (AvgIpc) is 2.91. The summed E-state index contributed by atoms with van der Waals surface area (Å²) in [6.45, 7) is 6.37. The molecule has 0 aliphatic carbocycles. The van der Waals surface area contributed by atoms with Crippen LogP contribution in [0.1, 0.15) is 30.4 Å². The van der Waals surface area contributed by atoms with Gasteiger partial charge in [-0.15, -0.1) is 0 Å². The van der Waals surface area contributed by atoms with Gasteiger partial charge in [-0.05, 0) is 31.7 Å². The van der Waals surface area contributed by atoms with Gasteiger partial charge in [-0.3, -0.25) is 4.90 Å². The molecule has 6 heteroatoms. The van der Waals surface area contributed by atoms with Crippen molar-refractivity contribution in [2.24, 2.45) is 5.41 Å². The van der Waals surface area contributed by atoms with Gasteiger partial charge in [0.1, 0.15) is 0 Å². The van der Waals surface area contributed by atoms with E-state index < -0.39 is 10.0 Å². The lowest BCUT2D eigenvalue weighted by molar-refractivity contribution is -0.0236. The van der Waals surface area contributed by atoms with Crippen molar-refractivity contribution in [2.45, 2.75) is 38.8 Å². The number of nitrogens with one attached hydrogen (secondary N) is 1. The maximum absolute atomic E-state index is 11.3. The molecule has 1 aromatic rings. The summed E-state index contributed by atoms with van der Waals surface area (Å²) in [5, 5.41) is 0. The molecule has 3 rings (SSSR count). The normalized spacial score (nSPS) is 28.0. The highest BCUT2D eigenvalue weighted by molar-refractivity contribution is 7.88. The topological polar surface area (TPSA) is 58.6 Å². The molecule has 0 spiro atoms. The number of nitrogens with zero attached hydrogens (tertiary/aromatic N) is 1. The van der Waals surface area contributed by atoms with E-state index in [1.807, 2.05) is 0 Å². The third kappa shape index (κ3) is 4.36. The van der Waals surface area contributed by atoms with Gasteiger partial charge in [-0.2, -0.15) is 0 Å². The Kier molecular flexibility index (Phi) is 5.30. The molecule has 2 atom stereocenters. The molecule has 1 N–H and O–H groups in total. The monoisotopic (exact) mass is 352 g/mol. The zero-order valence-corrected chi connectivity index (χ0v) is 15.4. The molecular weight excluding hydrogens is 324 g/mol. The number of aryl methyl sites for hydroxylation is 1. The van der Waals surface area contributed by atoms with Crippen molar-refractivity contribution in [3.8, 4) is 0 Å². The Morgan fingerprint density at radius 2 is 2.08 bits per heavy atom. The molecule has 0 amide bonds. The van der Waals surface area contributed by atoms with Crippen LogP contribution in [0.3, 0.4) is 0 Å². The van der Waals surface area contributed by atoms with Crippen LogP contribution in [0.5, 0.6) is 0 Å². The molecule has 0 bridgehead atoms. The number of ether oxygens (including phenoxy) is 1. The van der Waals surface area contributed by atoms with Crippen molar-refractivity contribution >= 4 is 10.0 Å². The Bertz CT molecular complexity index is 659. The minimum absolute atomic E-state index is 0.0840. The number of hydrogen-bond donors (Lipinski definition) is 1. The Balaban J connectivity index is 1.64. The van der Waals surface area contributed by atoms with E-state index in [0.717, 1.165) is 45.5 Å². The molecule has 2 fully saturated rings. The summed E-state index contributed by atoms with van der Waals surface area (Å²) < 4.78 is 31.3. The van der Waals surface area contributed by atoms with Crippen LogP contribution < -0.4 is 4.72 Å². The van der Waals surface area contributed by atoms with E-state index in [9.17, 15) is 8.42 Å². The second kappa shape index (κ2) is 7.12. The highest BCUT2D eigenvalue weighted by atomic mass is 32.2. The molecule has 0 aromatic heterocycles. The molecule has 2 aliphatic heterocycles. The quantitative estimate of drug-likeness (QED) is 0.850. The minimum atomic E-state index is -3.13. The minimum Gasteiger partial charge on any atom is -0.378 e. The van der Waals surface area contributed by atoms with Crippen molar-refractivity contribution < 1.29 is 13.2 Å². The maximum atomic E-state index is 11.3. The second-order valence-electron chi connectivity index (χ2n) is 7.37. The van der Waals surface area contributed by atoms with E-state index in [0.29, 0.717) is 6.54 Å².